The molecule has 5 heteroatoms. The first-order valence-corrected chi connectivity index (χ1v) is 5.76. The smallest absolute Gasteiger partial charge is 0.342 e. The third kappa shape index (κ3) is 3.53. The number of hydrogen-bond acceptors (Lipinski definition) is 4. The Bertz CT molecular complexity index is 418. The second-order valence-electron chi connectivity index (χ2n) is 3.77. The van der Waals surface area contributed by atoms with E-state index >= 15 is 0 Å². The Morgan fingerprint density at radius 1 is 1.47 bits per heavy atom. The topological polar surface area (TPSA) is 61.5 Å². The van der Waals surface area contributed by atoms with Gasteiger partial charge in [0, 0.05) is 5.69 Å². The maximum Gasteiger partial charge on any atom is 0.342 e. The molecule has 94 valence electrons. The number of rotatable bonds is 4. The summed E-state index contributed by atoms with van der Waals surface area (Å²) in [6, 6.07) is 3.05. The first-order chi connectivity index (χ1) is 7.95. The van der Waals surface area contributed by atoms with Crippen molar-refractivity contribution in [3.8, 4) is 5.75 Å². The summed E-state index contributed by atoms with van der Waals surface area (Å²) in [5.74, 6) is -0.174. The fourth-order valence-corrected chi connectivity index (χ4v) is 1.60. The summed E-state index contributed by atoms with van der Waals surface area (Å²) < 4.78 is 10.4. The van der Waals surface area contributed by atoms with Crippen molar-refractivity contribution in [2.75, 3.05) is 12.3 Å². The van der Waals surface area contributed by atoms with E-state index < -0.39 is 5.97 Å². The van der Waals surface area contributed by atoms with E-state index in [4.69, 9.17) is 26.8 Å². The standard InChI is InChI=1S/C12H16ClNO3/c1-4-16-12(15)9-5-8(14)6-10(13)11(9)17-7(2)3/h5-7H,4,14H2,1-3H3. The number of carbonyl (C=O) groups is 1. The maximum atomic E-state index is 11.7. The van der Waals surface area contributed by atoms with Crippen LogP contribution in [0.1, 0.15) is 31.1 Å². The lowest BCUT2D eigenvalue weighted by Crippen LogP contribution is -2.13. The normalized spacial score (nSPS) is 10.4. The van der Waals surface area contributed by atoms with Gasteiger partial charge in [0.25, 0.3) is 0 Å². The molecular formula is C12H16ClNO3. The molecule has 2 N–H and O–H groups in total. The van der Waals surface area contributed by atoms with Gasteiger partial charge in [0.1, 0.15) is 5.56 Å². The van der Waals surface area contributed by atoms with Crippen LogP contribution in [0.4, 0.5) is 5.69 Å². The van der Waals surface area contributed by atoms with Crippen molar-refractivity contribution in [2.45, 2.75) is 26.9 Å². The van der Waals surface area contributed by atoms with Crippen LogP contribution in [0.5, 0.6) is 5.75 Å². The van der Waals surface area contributed by atoms with Gasteiger partial charge in [-0.2, -0.15) is 0 Å². The molecule has 0 bridgehead atoms. The second kappa shape index (κ2) is 5.77. The highest BCUT2D eigenvalue weighted by Gasteiger charge is 2.19. The Kier molecular flexibility index (Phi) is 4.63. The summed E-state index contributed by atoms with van der Waals surface area (Å²) in [6.45, 7) is 5.71. The van der Waals surface area contributed by atoms with Gasteiger partial charge in [-0.3, -0.25) is 0 Å². The summed E-state index contributed by atoms with van der Waals surface area (Å²) in [5.41, 5.74) is 6.30. The number of esters is 1. The van der Waals surface area contributed by atoms with Crippen LogP contribution in [0.3, 0.4) is 0 Å². The predicted molar refractivity (Wildman–Crippen MR) is 67.6 cm³/mol. The van der Waals surface area contributed by atoms with Gasteiger partial charge in [-0.25, -0.2) is 4.79 Å². The fraction of sp³-hybridized carbons (Fsp3) is 0.417. The molecule has 0 unspecified atom stereocenters. The molecular weight excluding hydrogens is 242 g/mol. The lowest BCUT2D eigenvalue weighted by atomic mass is 10.1. The minimum Gasteiger partial charge on any atom is -0.489 e. The Hall–Kier alpha value is -1.42. The highest BCUT2D eigenvalue weighted by molar-refractivity contribution is 6.33. The molecule has 1 aromatic carbocycles. The summed E-state index contributed by atoms with van der Waals surface area (Å²) >= 11 is 6.01. The molecule has 0 aliphatic rings. The van der Waals surface area contributed by atoms with E-state index in [-0.39, 0.29) is 18.3 Å². The first kappa shape index (κ1) is 13.6. The molecule has 0 heterocycles. The molecule has 17 heavy (non-hydrogen) atoms. The third-order valence-electron chi connectivity index (χ3n) is 1.91. The number of nitrogen functional groups attached to an aromatic ring is 1. The molecule has 0 spiro atoms. The molecule has 0 aromatic heterocycles. The minimum atomic E-state index is -0.489. The average Bonchev–Trinajstić information content (AvgIpc) is 2.21. The van der Waals surface area contributed by atoms with E-state index in [2.05, 4.69) is 0 Å². The van der Waals surface area contributed by atoms with E-state index in [9.17, 15) is 4.79 Å². The molecule has 0 aliphatic carbocycles. The molecule has 1 aromatic rings. The molecule has 0 saturated heterocycles. The number of ether oxygens (including phenoxy) is 2. The van der Waals surface area contributed by atoms with Crippen molar-refractivity contribution in [3.63, 3.8) is 0 Å². The van der Waals surface area contributed by atoms with Crippen molar-refractivity contribution < 1.29 is 14.3 Å². The quantitative estimate of drug-likeness (QED) is 0.666. The Balaban J connectivity index is 3.19. The van der Waals surface area contributed by atoms with Gasteiger partial charge >= 0.3 is 5.97 Å². The van der Waals surface area contributed by atoms with Gasteiger partial charge in [0.2, 0.25) is 0 Å². The predicted octanol–water partition coefficient (Wildman–Crippen LogP) is 2.89. The van der Waals surface area contributed by atoms with Gasteiger partial charge in [0.15, 0.2) is 5.75 Å². The van der Waals surface area contributed by atoms with Crippen molar-refractivity contribution in [2.24, 2.45) is 0 Å². The zero-order valence-electron chi connectivity index (χ0n) is 10.1. The highest BCUT2D eigenvalue weighted by atomic mass is 35.5. The van der Waals surface area contributed by atoms with Gasteiger partial charge in [-0.05, 0) is 32.9 Å². The van der Waals surface area contributed by atoms with Crippen LogP contribution in [0.15, 0.2) is 12.1 Å². The minimum absolute atomic E-state index is 0.0932. The number of benzene rings is 1. The van der Waals surface area contributed by atoms with Gasteiger partial charge < -0.3 is 15.2 Å². The lowest BCUT2D eigenvalue weighted by Gasteiger charge is -2.15. The Morgan fingerprint density at radius 3 is 2.65 bits per heavy atom. The maximum absolute atomic E-state index is 11.7. The molecule has 1 rings (SSSR count). The van der Waals surface area contributed by atoms with Crippen LogP contribution in [-0.4, -0.2) is 18.7 Å². The summed E-state index contributed by atoms with van der Waals surface area (Å²) in [7, 11) is 0. The number of carbonyl (C=O) groups excluding carboxylic acids is 1. The number of nitrogens with two attached hydrogens (primary N) is 1. The van der Waals surface area contributed by atoms with Crippen LogP contribution < -0.4 is 10.5 Å². The van der Waals surface area contributed by atoms with Gasteiger partial charge in [-0.15, -0.1) is 0 Å². The van der Waals surface area contributed by atoms with E-state index in [1.54, 1.807) is 13.0 Å². The number of halogens is 1. The summed E-state index contributed by atoms with van der Waals surface area (Å²) in [6.07, 6.45) is -0.0932. The monoisotopic (exact) mass is 257 g/mol. The largest absolute Gasteiger partial charge is 0.489 e. The van der Waals surface area contributed by atoms with Crippen molar-refractivity contribution in [1.82, 2.24) is 0 Å². The van der Waals surface area contributed by atoms with Crippen molar-refractivity contribution in [3.05, 3.63) is 22.7 Å². The average molecular weight is 258 g/mol. The van der Waals surface area contributed by atoms with Gasteiger partial charge in [0.05, 0.1) is 17.7 Å². The van der Waals surface area contributed by atoms with Crippen LogP contribution in [0.2, 0.25) is 5.02 Å². The van der Waals surface area contributed by atoms with Crippen molar-refractivity contribution >= 4 is 23.3 Å². The van der Waals surface area contributed by atoms with E-state index in [0.717, 1.165) is 0 Å². The zero-order valence-corrected chi connectivity index (χ0v) is 10.9. The van der Waals surface area contributed by atoms with Crippen LogP contribution in [0.25, 0.3) is 0 Å². The third-order valence-corrected chi connectivity index (χ3v) is 2.20. The zero-order chi connectivity index (χ0) is 13.0. The molecule has 0 amide bonds. The Labute approximate surface area is 106 Å². The van der Waals surface area contributed by atoms with E-state index in [1.165, 1.54) is 6.07 Å². The van der Waals surface area contributed by atoms with Crippen LogP contribution in [0, 0.1) is 0 Å². The molecule has 4 nitrogen and oxygen atoms in total. The number of hydrogen-bond donors (Lipinski definition) is 1. The molecule has 0 saturated carbocycles. The number of anilines is 1. The van der Waals surface area contributed by atoms with Crippen LogP contribution in [-0.2, 0) is 4.74 Å². The molecule has 0 atom stereocenters. The van der Waals surface area contributed by atoms with Crippen LogP contribution >= 0.6 is 11.6 Å². The first-order valence-electron chi connectivity index (χ1n) is 5.38. The highest BCUT2D eigenvalue weighted by Crippen LogP contribution is 2.32. The molecule has 0 radical (unpaired) electrons. The second-order valence-corrected chi connectivity index (χ2v) is 4.17. The lowest BCUT2D eigenvalue weighted by molar-refractivity contribution is 0.0520. The van der Waals surface area contributed by atoms with E-state index in [1.807, 2.05) is 13.8 Å². The molecule has 0 aliphatic heterocycles. The SMILES string of the molecule is CCOC(=O)c1cc(N)cc(Cl)c1OC(C)C. The summed E-state index contributed by atoms with van der Waals surface area (Å²) in [4.78, 5) is 11.7. The van der Waals surface area contributed by atoms with Gasteiger partial charge in [-0.1, -0.05) is 11.6 Å². The summed E-state index contributed by atoms with van der Waals surface area (Å²) in [5, 5.41) is 0.307. The van der Waals surface area contributed by atoms with Crippen molar-refractivity contribution in [1.29, 1.82) is 0 Å². The molecule has 0 fully saturated rings. The fourth-order valence-electron chi connectivity index (χ4n) is 1.33. The Morgan fingerprint density at radius 2 is 2.12 bits per heavy atom. The van der Waals surface area contributed by atoms with E-state index in [0.29, 0.717) is 16.5 Å².